The maximum absolute atomic E-state index is 6.80. The molecule has 0 bridgehead atoms. The van der Waals surface area contributed by atoms with Crippen molar-refractivity contribution in [1.29, 1.82) is 0 Å². The molecule has 24 rings (SSSR count). The lowest BCUT2D eigenvalue weighted by Crippen LogP contribution is -2.29. The Balaban J connectivity index is 0.000000142. The smallest absolute Gasteiger partial charge is 0.178 e. The van der Waals surface area contributed by atoms with Crippen molar-refractivity contribution in [3.8, 4) is 102 Å². The zero-order valence-corrected chi connectivity index (χ0v) is 66.8. The van der Waals surface area contributed by atoms with Gasteiger partial charge in [-0.25, -0.2) is 0 Å². The first-order valence-electron chi connectivity index (χ1n) is 41.5. The van der Waals surface area contributed by atoms with Crippen LogP contribution < -0.4 is 28.7 Å². The summed E-state index contributed by atoms with van der Waals surface area (Å²) in [6.45, 7) is 9.52. The molecule has 0 saturated carbocycles. The largest absolute Gasteiger partial charge is 0.449 e. The predicted octanol–water partition coefficient (Wildman–Crippen LogP) is 30.3. The number of rotatable bonds is 11. The second kappa shape index (κ2) is 27.3. The molecular weight excluding hydrogens is 1460 g/mol. The Morgan fingerprint density at radius 3 is 1.08 bits per heavy atom. The van der Waals surface area contributed by atoms with E-state index in [1.807, 2.05) is 48.5 Å². The second-order valence-corrected chi connectivity index (χ2v) is 33.3. The highest BCUT2D eigenvalue weighted by atomic mass is 16.6. The van der Waals surface area contributed by atoms with E-state index >= 15 is 0 Å². The van der Waals surface area contributed by atoms with E-state index in [4.69, 9.17) is 18.9 Å². The van der Waals surface area contributed by atoms with Gasteiger partial charge in [-0.1, -0.05) is 325 Å². The second-order valence-electron chi connectivity index (χ2n) is 33.3. The van der Waals surface area contributed by atoms with Gasteiger partial charge in [-0.2, -0.15) is 0 Å². The van der Waals surface area contributed by atoms with Crippen LogP contribution in [0.4, 0.5) is 34.1 Å². The Morgan fingerprint density at radius 1 is 0.192 bits per heavy atom. The molecule has 6 aliphatic rings. The summed E-state index contributed by atoms with van der Waals surface area (Å²) in [6, 6.07) is 149. The van der Waals surface area contributed by atoms with Crippen LogP contribution in [0.1, 0.15) is 94.5 Å². The zero-order chi connectivity index (χ0) is 80.0. The summed E-state index contributed by atoms with van der Waals surface area (Å²) in [5, 5.41) is 2.44. The molecule has 6 heteroatoms. The lowest BCUT2D eigenvalue weighted by atomic mass is 9.66. The van der Waals surface area contributed by atoms with Crippen LogP contribution >= 0.6 is 0 Å². The molecule has 570 valence electrons. The molecule has 2 unspecified atom stereocenters. The van der Waals surface area contributed by atoms with Gasteiger partial charge in [-0.05, 0) is 237 Å². The number of benzene rings is 18. The molecule has 4 aliphatic carbocycles. The van der Waals surface area contributed by atoms with Gasteiger partial charge in [-0.15, -0.1) is 0 Å². The van der Waals surface area contributed by atoms with E-state index in [0.29, 0.717) is 0 Å². The third-order valence-corrected chi connectivity index (χ3v) is 26.2. The molecule has 0 aromatic heterocycles. The number of fused-ring (bicyclic) bond motifs is 19. The predicted molar refractivity (Wildman–Crippen MR) is 488 cm³/mol. The molecule has 2 atom stereocenters. The molecule has 18 aromatic carbocycles. The molecule has 0 N–H and O–H groups in total. The lowest BCUT2D eigenvalue weighted by molar-refractivity contribution is 0.360. The molecule has 6 nitrogen and oxygen atoms in total. The van der Waals surface area contributed by atoms with Crippen molar-refractivity contribution in [2.45, 2.75) is 49.4 Å². The average Bonchev–Trinajstić information content (AvgIpc) is 1.53. The number of ether oxygens (including phenoxy) is 4. The van der Waals surface area contributed by atoms with Gasteiger partial charge >= 0.3 is 0 Å². The van der Waals surface area contributed by atoms with Crippen molar-refractivity contribution < 1.29 is 18.9 Å². The summed E-state index contributed by atoms with van der Waals surface area (Å²) in [5.41, 5.74) is 32.0. The lowest BCUT2D eigenvalue weighted by Gasteiger charge is -2.35. The van der Waals surface area contributed by atoms with Gasteiger partial charge in [-0.3, -0.25) is 0 Å². The summed E-state index contributed by atoms with van der Waals surface area (Å²) >= 11 is 0. The van der Waals surface area contributed by atoms with Crippen molar-refractivity contribution in [3.63, 3.8) is 0 Å². The standard InChI is InChI=1S/C62H43NO2.C52H37NO2/c1-61(2)52-34-28-45(62(44-19-7-4-8-20-44)53-22-12-11-21-50(53)59-54(62)35-36-58-60(59)65-57-24-14-13-23-56(57)64-58)38-51(52)49-33-32-48(39-55(49)61)63(47-31-27-41-17-9-10-18-43(41)37-47)46-29-25-42(26-30-46)40-15-5-3-6-16-40;1-51(2)44-32-35(26-28-39(44)40-29-27-38(33-45(40)51)53(36-18-8-4-9-19-36)37-20-10-5-11-21-37)52(34-16-6-3-7-17-34)42-23-13-12-22-41(42)49-43(52)30-31-48-50(49)55-47-25-15-14-24-46(47)54-48/h3-39H,1-2H3;3-33H,1-2H3. The summed E-state index contributed by atoms with van der Waals surface area (Å²) in [7, 11) is 0. The summed E-state index contributed by atoms with van der Waals surface area (Å²) in [6.07, 6.45) is 0. The van der Waals surface area contributed by atoms with Crippen molar-refractivity contribution in [3.05, 3.63) is 479 Å². The van der Waals surface area contributed by atoms with Crippen LogP contribution in [0.15, 0.2) is 413 Å². The summed E-state index contributed by atoms with van der Waals surface area (Å²) < 4.78 is 26.6. The van der Waals surface area contributed by atoms with Crippen LogP contribution in [0.3, 0.4) is 0 Å². The van der Waals surface area contributed by atoms with Gasteiger partial charge in [0.25, 0.3) is 0 Å². The van der Waals surface area contributed by atoms with E-state index in [-0.39, 0.29) is 10.8 Å². The van der Waals surface area contributed by atoms with E-state index in [2.05, 4.69) is 401 Å². The Bertz CT molecular complexity index is 7120. The minimum absolute atomic E-state index is 0.255. The highest BCUT2D eigenvalue weighted by molar-refractivity contribution is 5.97. The van der Waals surface area contributed by atoms with E-state index < -0.39 is 10.8 Å². The first-order chi connectivity index (χ1) is 59.0. The van der Waals surface area contributed by atoms with Crippen LogP contribution in [0, 0.1) is 0 Å². The fraction of sp³-hybridized carbons (Fsp3) is 0.0702. The third kappa shape index (κ3) is 10.7. The molecule has 0 fully saturated rings. The van der Waals surface area contributed by atoms with Crippen molar-refractivity contribution in [2.24, 2.45) is 0 Å². The minimum Gasteiger partial charge on any atom is -0.449 e. The Kier molecular flexibility index (Phi) is 16.0. The molecular formula is C114H80N2O4. The van der Waals surface area contributed by atoms with Crippen molar-refractivity contribution in [2.75, 3.05) is 9.80 Å². The number of nitrogens with zero attached hydrogens (tertiary/aromatic N) is 2. The monoisotopic (exact) mass is 1540 g/mol. The zero-order valence-electron chi connectivity index (χ0n) is 66.8. The molecule has 0 spiro atoms. The fourth-order valence-corrected chi connectivity index (χ4v) is 20.7. The maximum Gasteiger partial charge on any atom is 0.178 e. The number of hydrogen-bond donors (Lipinski definition) is 0. The normalized spacial score (nSPS) is 16.0. The van der Waals surface area contributed by atoms with E-state index in [9.17, 15) is 0 Å². The van der Waals surface area contributed by atoms with Gasteiger partial charge in [0.15, 0.2) is 46.0 Å². The summed E-state index contributed by atoms with van der Waals surface area (Å²) in [5.74, 6) is 5.90. The molecule has 0 radical (unpaired) electrons. The Labute approximate surface area is 699 Å². The average molecular weight is 1540 g/mol. The van der Waals surface area contributed by atoms with Crippen LogP contribution in [-0.2, 0) is 21.7 Å². The molecule has 2 aliphatic heterocycles. The van der Waals surface area contributed by atoms with E-state index in [1.165, 1.54) is 111 Å². The SMILES string of the molecule is CC1(C)c2cc(N(c3ccccc3)c3ccccc3)ccc2-c2ccc(C3(c4ccccc4)c4ccccc4-c4c3ccc3c4Oc4ccccc4O3)cc21.CC1(C)c2ccc(C3(c4ccccc4)c4ccccc4-c4c3ccc3c4Oc4ccccc4O3)cc2-c2ccc(N(c3ccc(-c4ccccc4)cc3)c3ccc4ccccc4c3)cc21. The van der Waals surface area contributed by atoms with Crippen LogP contribution in [-0.4, -0.2) is 0 Å². The molecule has 120 heavy (non-hydrogen) atoms. The van der Waals surface area contributed by atoms with E-state index in [0.717, 1.165) is 102 Å². The minimum atomic E-state index is -0.622. The van der Waals surface area contributed by atoms with Crippen molar-refractivity contribution >= 4 is 44.9 Å². The van der Waals surface area contributed by atoms with Crippen LogP contribution in [0.2, 0.25) is 0 Å². The highest BCUT2D eigenvalue weighted by Gasteiger charge is 2.52. The highest BCUT2D eigenvalue weighted by Crippen LogP contribution is 2.66. The Morgan fingerprint density at radius 2 is 0.550 bits per heavy atom. The molecule has 0 amide bonds. The first kappa shape index (κ1) is 70.4. The van der Waals surface area contributed by atoms with Gasteiger partial charge < -0.3 is 28.7 Å². The van der Waals surface area contributed by atoms with Crippen molar-refractivity contribution in [1.82, 2.24) is 0 Å². The Hall–Kier alpha value is -15.0. The topological polar surface area (TPSA) is 43.4 Å². The first-order valence-corrected chi connectivity index (χ1v) is 41.5. The van der Waals surface area contributed by atoms with Crippen LogP contribution in [0.25, 0.3) is 66.4 Å². The maximum atomic E-state index is 6.80. The van der Waals surface area contributed by atoms with Gasteiger partial charge in [0, 0.05) is 56.1 Å². The quantitative estimate of drug-likeness (QED) is 0.129. The third-order valence-electron chi connectivity index (χ3n) is 26.2. The fourth-order valence-electron chi connectivity index (χ4n) is 20.7. The van der Waals surface area contributed by atoms with Crippen LogP contribution in [0.5, 0.6) is 46.0 Å². The van der Waals surface area contributed by atoms with Gasteiger partial charge in [0.05, 0.1) is 10.8 Å². The molecule has 2 heterocycles. The van der Waals surface area contributed by atoms with Gasteiger partial charge in [0.1, 0.15) is 0 Å². The number of anilines is 6. The molecule has 0 saturated heterocycles. The van der Waals surface area contributed by atoms with E-state index in [1.54, 1.807) is 0 Å². The number of para-hydroxylation sites is 6. The number of hydrogen-bond acceptors (Lipinski definition) is 6. The van der Waals surface area contributed by atoms with Gasteiger partial charge in [0.2, 0.25) is 0 Å². The summed E-state index contributed by atoms with van der Waals surface area (Å²) in [4.78, 5) is 4.76. The molecule has 18 aromatic rings.